The van der Waals surface area contributed by atoms with Crippen molar-refractivity contribution < 1.29 is 29.6 Å². The van der Waals surface area contributed by atoms with Crippen LogP contribution in [0.2, 0.25) is 0 Å². The summed E-state index contributed by atoms with van der Waals surface area (Å²) in [5, 5.41) is 35.2. The van der Waals surface area contributed by atoms with Crippen molar-refractivity contribution >= 4 is 0 Å². The van der Waals surface area contributed by atoms with Crippen LogP contribution in [-0.2, 0) is 4.74 Å². The van der Waals surface area contributed by atoms with Crippen molar-refractivity contribution in [3.05, 3.63) is 0 Å². The molecule has 0 aromatic rings. The number of hydrogen-bond donors (Lipinski definition) is 4. The number of ether oxygens (including phenoxy) is 1. The second-order valence-corrected chi connectivity index (χ2v) is 2.67. The lowest BCUT2D eigenvalue weighted by molar-refractivity contribution is -0.274. The average Bonchev–Trinajstić information content (AvgIpc) is 2.08. The second-order valence-electron chi connectivity index (χ2n) is 2.67. The monoisotopic (exact) mass is 182 g/mol. The maximum atomic E-state index is 12.8. The molecule has 0 bridgehead atoms. The molecule has 1 aliphatic rings. The smallest absolute Gasteiger partial charge is 0.184 e. The summed E-state index contributed by atoms with van der Waals surface area (Å²) in [6.07, 6.45) is -8.24. The van der Waals surface area contributed by atoms with Crippen molar-refractivity contribution in [1.82, 2.24) is 0 Å². The molecule has 1 saturated heterocycles. The van der Waals surface area contributed by atoms with Crippen molar-refractivity contribution in [1.29, 1.82) is 0 Å². The lowest BCUT2D eigenvalue weighted by Crippen LogP contribution is -2.56. The van der Waals surface area contributed by atoms with E-state index in [1.54, 1.807) is 0 Å². The molecule has 0 spiro atoms. The summed E-state index contributed by atoms with van der Waals surface area (Å²) >= 11 is 0. The molecular formula is C6H11FO5. The van der Waals surface area contributed by atoms with Crippen LogP contribution in [0.4, 0.5) is 4.39 Å². The van der Waals surface area contributed by atoms with E-state index in [1.165, 1.54) is 0 Å². The van der Waals surface area contributed by atoms with Crippen LogP contribution in [0.5, 0.6) is 0 Å². The van der Waals surface area contributed by atoms with E-state index in [2.05, 4.69) is 4.74 Å². The fraction of sp³-hybridized carbons (Fsp3) is 1.00. The lowest BCUT2D eigenvalue weighted by atomic mass is 10.0. The van der Waals surface area contributed by atoms with Gasteiger partial charge in [-0.05, 0) is 0 Å². The summed E-state index contributed by atoms with van der Waals surface area (Å²) in [6, 6.07) is 0. The van der Waals surface area contributed by atoms with E-state index in [-0.39, 0.29) is 0 Å². The van der Waals surface area contributed by atoms with Crippen LogP contribution in [0.3, 0.4) is 0 Å². The van der Waals surface area contributed by atoms with E-state index in [1.807, 2.05) is 0 Å². The lowest BCUT2D eigenvalue weighted by Gasteiger charge is -2.36. The Labute approximate surface area is 68.0 Å². The Bertz CT molecular complexity index is 150. The zero-order chi connectivity index (χ0) is 9.30. The van der Waals surface area contributed by atoms with E-state index >= 15 is 0 Å². The van der Waals surface area contributed by atoms with Crippen molar-refractivity contribution in [2.24, 2.45) is 0 Å². The standard InChI is InChI=1S/C6H11FO5/c7-3-4(9)2(1-8)12-6(11)5(3)10/h2-6,8-11H,1H2/t2-,3-,4+,5-,6+/m0/s1. The van der Waals surface area contributed by atoms with Gasteiger partial charge in [0.1, 0.15) is 18.3 Å². The topological polar surface area (TPSA) is 90.2 Å². The second kappa shape index (κ2) is 3.63. The van der Waals surface area contributed by atoms with Crippen molar-refractivity contribution in [3.8, 4) is 0 Å². The van der Waals surface area contributed by atoms with Gasteiger partial charge in [0.2, 0.25) is 0 Å². The quantitative estimate of drug-likeness (QED) is 0.368. The van der Waals surface area contributed by atoms with E-state index in [9.17, 15) is 4.39 Å². The molecule has 0 aromatic heterocycles. The minimum atomic E-state index is -1.99. The number of alkyl halides is 1. The van der Waals surface area contributed by atoms with E-state index < -0.39 is 37.4 Å². The van der Waals surface area contributed by atoms with Gasteiger partial charge in [0.05, 0.1) is 6.61 Å². The van der Waals surface area contributed by atoms with Crippen LogP contribution >= 0.6 is 0 Å². The molecule has 1 heterocycles. The predicted molar refractivity (Wildman–Crippen MR) is 34.9 cm³/mol. The minimum Gasteiger partial charge on any atom is -0.394 e. The maximum Gasteiger partial charge on any atom is 0.184 e. The van der Waals surface area contributed by atoms with Crippen LogP contribution in [0.25, 0.3) is 0 Å². The van der Waals surface area contributed by atoms with Gasteiger partial charge in [0.25, 0.3) is 0 Å². The highest BCUT2D eigenvalue weighted by molar-refractivity contribution is 4.88. The summed E-state index contributed by atoms with van der Waals surface area (Å²) in [4.78, 5) is 0. The summed E-state index contributed by atoms with van der Waals surface area (Å²) in [5.41, 5.74) is 0. The third kappa shape index (κ3) is 1.57. The van der Waals surface area contributed by atoms with Gasteiger partial charge >= 0.3 is 0 Å². The van der Waals surface area contributed by atoms with E-state index in [0.717, 1.165) is 0 Å². The summed E-state index contributed by atoms with van der Waals surface area (Å²) in [6.45, 7) is -0.606. The fourth-order valence-corrected chi connectivity index (χ4v) is 1.06. The zero-order valence-electron chi connectivity index (χ0n) is 6.17. The third-order valence-corrected chi connectivity index (χ3v) is 1.82. The van der Waals surface area contributed by atoms with Crippen LogP contribution < -0.4 is 0 Å². The Kier molecular flexibility index (Phi) is 2.97. The molecule has 5 atom stereocenters. The van der Waals surface area contributed by atoms with Gasteiger partial charge in [0.15, 0.2) is 12.5 Å². The number of aliphatic hydroxyl groups is 4. The molecule has 4 N–H and O–H groups in total. The van der Waals surface area contributed by atoms with Crippen LogP contribution in [-0.4, -0.2) is 57.8 Å². The minimum absolute atomic E-state index is 0.606. The molecule has 5 nitrogen and oxygen atoms in total. The highest BCUT2D eigenvalue weighted by Gasteiger charge is 2.43. The van der Waals surface area contributed by atoms with Crippen molar-refractivity contribution in [3.63, 3.8) is 0 Å². The van der Waals surface area contributed by atoms with Gasteiger partial charge < -0.3 is 25.2 Å². The number of hydrogen-bond acceptors (Lipinski definition) is 5. The molecule has 0 saturated carbocycles. The molecule has 72 valence electrons. The number of halogens is 1. The Hall–Kier alpha value is -0.270. The zero-order valence-corrected chi connectivity index (χ0v) is 6.17. The molecule has 0 amide bonds. The van der Waals surface area contributed by atoms with Gasteiger partial charge in [-0.25, -0.2) is 4.39 Å². The molecule has 1 aliphatic heterocycles. The van der Waals surface area contributed by atoms with Crippen LogP contribution in [0.15, 0.2) is 0 Å². The van der Waals surface area contributed by atoms with Gasteiger partial charge in [-0.3, -0.25) is 0 Å². The molecular weight excluding hydrogens is 171 g/mol. The van der Waals surface area contributed by atoms with Crippen molar-refractivity contribution in [2.45, 2.75) is 30.8 Å². The third-order valence-electron chi connectivity index (χ3n) is 1.82. The molecule has 12 heavy (non-hydrogen) atoms. The Balaban J connectivity index is 2.63. The van der Waals surface area contributed by atoms with Gasteiger partial charge in [-0.2, -0.15) is 0 Å². The molecule has 0 radical (unpaired) electrons. The summed E-state index contributed by atoms with van der Waals surface area (Å²) in [7, 11) is 0. The molecule has 0 aliphatic carbocycles. The average molecular weight is 182 g/mol. The highest BCUT2D eigenvalue weighted by atomic mass is 19.1. The fourth-order valence-electron chi connectivity index (χ4n) is 1.06. The highest BCUT2D eigenvalue weighted by Crippen LogP contribution is 2.21. The molecule has 0 unspecified atom stereocenters. The molecule has 0 aromatic carbocycles. The van der Waals surface area contributed by atoms with Gasteiger partial charge in [-0.1, -0.05) is 0 Å². The molecule has 1 rings (SSSR count). The number of rotatable bonds is 1. The first-order valence-corrected chi connectivity index (χ1v) is 3.52. The molecule has 1 fully saturated rings. The van der Waals surface area contributed by atoms with Crippen molar-refractivity contribution in [2.75, 3.05) is 6.61 Å². The first-order valence-electron chi connectivity index (χ1n) is 3.52. The summed E-state index contributed by atoms with van der Waals surface area (Å²) in [5.74, 6) is 0. The Morgan fingerprint density at radius 2 is 1.75 bits per heavy atom. The Morgan fingerprint density at radius 1 is 1.17 bits per heavy atom. The SMILES string of the molecule is OC[C@@H]1O[C@@H](O)[C@@H](O)[C@@H](F)[C@@H]1O. The number of aliphatic hydroxyl groups excluding tert-OH is 4. The normalized spacial score (nSPS) is 49.2. The van der Waals surface area contributed by atoms with E-state index in [4.69, 9.17) is 20.4 Å². The summed E-state index contributed by atoms with van der Waals surface area (Å²) < 4.78 is 17.3. The van der Waals surface area contributed by atoms with Crippen LogP contribution in [0, 0.1) is 0 Å². The van der Waals surface area contributed by atoms with Gasteiger partial charge in [0, 0.05) is 0 Å². The predicted octanol–water partition coefficient (Wildman–Crippen LogP) is -2.24. The maximum absolute atomic E-state index is 12.8. The first-order chi connectivity index (χ1) is 5.57. The van der Waals surface area contributed by atoms with E-state index in [0.29, 0.717) is 0 Å². The first kappa shape index (κ1) is 9.82. The van der Waals surface area contributed by atoms with Gasteiger partial charge in [-0.15, -0.1) is 0 Å². The largest absolute Gasteiger partial charge is 0.394 e. The Morgan fingerprint density at radius 3 is 2.25 bits per heavy atom. The van der Waals surface area contributed by atoms with Crippen LogP contribution in [0.1, 0.15) is 0 Å². The molecule has 6 heteroatoms.